The minimum atomic E-state index is -4.94. The molecule has 1 fully saturated rings. The molecule has 1 aromatic carbocycles. The fourth-order valence-corrected chi connectivity index (χ4v) is 2.30. The molecule has 1 aliphatic rings. The van der Waals surface area contributed by atoms with E-state index < -0.39 is 47.3 Å². The number of rotatable bonds is 3. The molecule has 1 N–H and O–H groups in total. The third-order valence-electron chi connectivity index (χ3n) is 3.44. The first kappa shape index (κ1) is 18.4. The van der Waals surface area contributed by atoms with Crippen molar-refractivity contribution in [3.8, 4) is 5.75 Å². The van der Waals surface area contributed by atoms with Gasteiger partial charge in [-0.25, -0.2) is 0 Å². The lowest BCUT2D eigenvalue weighted by atomic mass is 10.1. The predicted octanol–water partition coefficient (Wildman–Crippen LogP) is 3.01. The Bertz CT molecular complexity index is 581. The molecule has 1 heterocycles. The number of ether oxygens (including phenoxy) is 2. The second-order valence-electron chi connectivity index (χ2n) is 5.20. The molecule has 1 aromatic rings. The number of carbonyl (C=O) groups excluding carboxylic acids is 1. The lowest BCUT2D eigenvalue weighted by Gasteiger charge is -2.17. The molecule has 0 aromatic heterocycles. The Balaban J connectivity index is 2.22. The largest absolute Gasteiger partial charge is 0.489 e. The minimum Gasteiger partial charge on any atom is -0.489 e. The zero-order valence-electron chi connectivity index (χ0n) is 12.3. The monoisotopic (exact) mass is 357 g/mol. The van der Waals surface area contributed by atoms with Crippen LogP contribution >= 0.6 is 0 Å². The molecule has 0 amide bonds. The van der Waals surface area contributed by atoms with Crippen LogP contribution in [-0.4, -0.2) is 31.8 Å². The SMILES string of the molecule is COC(=O)[C@@H]1CC(Oc2cc(C(F)(F)F)cc(C(F)(F)F)c2)CN1. The number of hydrogen-bond donors (Lipinski definition) is 1. The number of methoxy groups -OCH3 is 1. The van der Waals surface area contributed by atoms with Crippen molar-refractivity contribution in [2.45, 2.75) is 30.9 Å². The maximum absolute atomic E-state index is 12.8. The average molecular weight is 357 g/mol. The summed E-state index contributed by atoms with van der Waals surface area (Å²) in [5.74, 6) is -1.14. The molecule has 2 atom stereocenters. The van der Waals surface area contributed by atoms with E-state index in [4.69, 9.17) is 4.74 Å². The van der Waals surface area contributed by atoms with E-state index in [0.717, 1.165) is 0 Å². The highest BCUT2D eigenvalue weighted by Crippen LogP contribution is 2.38. The summed E-state index contributed by atoms with van der Waals surface area (Å²) in [7, 11) is 1.17. The quantitative estimate of drug-likeness (QED) is 0.667. The number of hydrogen-bond acceptors (Lipinski definition) is 4. The van der Waals surface area contributed by atoms with Crippen LogP contribution in [-0.2, 0) is 21.9 Å². The van der Waals surface area contributed by atoms with Crippen LogP contribution in [0.15, 0.2) is 18.2 Å². The second-order valence-corrected chi connectivity index (χ2v) is 5.20. The van der Waals surface area contributed by atoms with Crippen molar-refractivity contribution in [3.63, 3.8) is 0 Å². The van der Waals surface area contributed by atoms with Crippen LogP contribution in [0.3, 0.4) is 0 Å². The van der Waals surface area contributed by atoms with Crippen LogP contribution in [0.5, 0.6) is 5.75 Å². The molecule has 0 aliphatic carbocycles. The number of esters is 1. The topological polar surface area (TPSA) is 47.6 Å². The summed E-state index contributed by atoms with van der Waals surface area (Å²) in [6.07, 6.45) is -10.6. The lowest BCUT2D eigenvalue weighted by Crippen LogP contribution is -2.31. The summed E-state index contributed by atoms with van der Waals surface area (Å²) in [5, 5.41) is 2.72. The number of benzene rings is 1. The fourth-order valence-electron chi connectivity index (χ4n) is 2.30. The molecule has 134 valence electrons. The van der Waals surface area contributed by atoms with Gasteiger partial charge >= 0.3 is 18.3 Å². The van der Waals surface area contributed by atoms with Crippen molar-refractivity contribution in [2.24, 2.45) is 0 Å². The molecule has 4 nitrogen and oxygen atoms in total. The summed E-state index contributed by atoms with van der Waals surface area (Å²) >= 11 is 0. The van der Waals surface area contributed by atoms with Gasteiger partial charge < -0.3 is 14.8 Å². The van der Waals surface area contributed by atoms with Gasteiger partial charge in [-0.05, 0) is 18.2 Å². The molecule has 24 heavy (non-hydrogen) atoms. The Morgan fingerprint density at radius 1 is 1.08 bits per heavy atom. The molecular weight excluding hydrogens is 344 g/mol. The highest BCUT2D eigenvalue weighted by molar-refractivity contribution is 5.76. The lowest BCUT2D eigenvalue weighted by molar-refractivity contribution is -0.144. The molecule has 0 spiro atoms. The Morgan fingerprint density at radius 2 is 1.62 bits per heavy atom. The van der Waals surface area contributed by atoms with Gasteiger partial charge in [0.15, 0.2) is 0 Å². The minimum absolute atomic E-state index is 0.0248. The Morgan fingerprint density at radius 3 is 2.08 bits per heavy atom. The van der Waals surface area contributed by atoms with Crippen molar-refractivity contribution in [2.75, 3.05) is 13.7 Å². The third-order valence-corrected chi connectivity index (χ3v) is 3.44. The summed E-state index contributed by atoms with van der Waals surface area (Å²) < 4.78 is 86.3. The third kappa shape index (κ3) is 4.31. The molecule has 2 rings (SSSR count). The fraction of sp³-hybridized carbons (Fsp3) is 0.500. The van der Waals surface area contributed by atoms with Gasteiger partial charge in [0, 0.05) is 13.0 Å². The first-order valence-electron chi connectivity index (χ1n) is 6.78. The van der Waals surface area contributed by atoms with Gasteiger partial charge in [0.1, 0.15) is 17.9 Å². The predicted molar refractivity (Wildman–Crippen MR) is 69.3 cm³/mol. The van der Waals surface area contributed by atoms with Gasteiger partial charge in [-0.3, -0.25) is 4.79 Å². The van der Waals surface area contributed by atoms with Crippen LogP contribution in [0, 0.1) is 0 Å². The number of nitrogens with one attached hydrogen (secondary N) is 1. The van der Waals surface area contributed by atoms with Gasteiger partial charge in [-0.15, -0.1) is 0 Å². The normalized spacial score (nSPS) is 21.6. The maximum atomic E-state index is 12.8. The van der Waals surface area contributed by atoms with Crippen LogP contribution in [0.1, 0.15) is 17.5 Å². The molecule has 0 radical (unpaired) electrons. The zero-order chi connectivity index (χ0) is 18.1. The Labute approximate surface area is 132 Å². The summed E-state index contributed by atoms with van der Waals surface area (Å²) in [5.41, 5.74) is -2.91. The summed E-state index contributed by atoms with van der Waals surface area (Å²) in [6.45, 7) is 0.0946. The van der Waals surface area contributed by atoms with Crippen LogP contribution < -0.4 is 10.1 Å². The maximum Gasteiger partial charge on any atom is 0.416 e. The van der Waals surface area contributed by atoms with Gasteiger partial charge in [0.05, 0.1) is 18.2 Å². The van der Waals surface area contributed by atoms with Gasteiger partial charge in [0.2, 0.25) is 0 Å². The number of alkyl halides is 6. The van der Waals surface area contributed by atoms with E-state index in [1.807, 2.05) is 0 Å². The van der Waals surface area contributed by atoms with E-state index >= 15 is 0 Å². The van der Waals surface area contributed by atoms with E-state index in [9.17, 15) is 31.1 Å². The Kier molecular flexibility index (Phi) is 4.97. The van der Waals surface area contributed by atoms with Crippen LogP contribution in [0.4, 0.5) is 26.3 Å². The van der Waals surface area contributed by atoms with E-state index in [-0.39, 0.29) is 19.0 Å². The van der Waals surface area contributed by atoms with E-state index in [1.165, 1.54) is 7.11 Å². The molecule has 1 aliphatic heterocycles. The number of carbonyl (C=O) groups is 1. The highest BCUT2D eigenvalue weighted by Gasteiger charge is 2.38. The first-order chi connectivity index (χ1) is 11.0. The molecule has 1 saturated heterocycles. The standard InChI is InChI=1S/C14H13F6NO3/c1-23-12(22)11-5-10(6-21-11)24-9-3-7(13(15,16)17)2-8(4-9)14(18,19)20/h2-4,10-11,21H,5-6H2,1H3/t10?,11-/m0/s1. The van der Waals surface area contributed by atoms with Crippen molar-refractivity contribution < 1.29 is 40.6 Å². The van der Waals surface area contributed by atoms with Crippen molar-refractivity contribution in [1.82, 2.24) is 5.32 Å². The van der Waals surface area contributed by atoms with Crippen molar-refractivity contribution >= 4 is 5.97 Å². The zero-order valence-corrected chi connectivity index (χ0v) is 12.3. The van der Waals surface area contributed by atoms with E-state index in [2.05, 4.69) is 10.1 Å². The van der Waals surface area contributed by atoms with E-state index in [0.29, 0.717) is 12.1 Å². The molecular formula is C14H13F6NO3. The Hall–Kier alpha value is -1.97. The van der Waals surface area contributed by atoms with Gasteiger partial charge in [0.25, 0.3) is 0 Å². The molecule has 0 saturated carbocycles. The van der Waals surface area contributed by atoms with E-state index in [1.54, 1.807) is 0 Å². The highest BCUT2D eigenvalue weighted by atomic mass is 19.4. The number of halogens is 6. The van der Waals surface area contributed by atoms with Crippen molar-refractivity contribution in [3.05, 3.63) is 29.3 Å². The molecule has 0 bridgehead atoms. The van der Waals surface area contributed by atoms with Crippen LogP contribution in [0.2, 0.25) is 0 Å². The van der Waals surface area contributed by atoms with Crippen LogP contribution in [0.25, 0.3) is 0 Å². The van der Waals surface area contributed by atoms with Crippen molar-refractivity contribution in [1.29, 1.82) is 0 Å². The molecule has 1 unspecified atom stereocenters. The summed E-state index contributed by atoms with van der Waals surface area (Å²) in [6, 6.07) is 0.311. The van der Waals surface area contributed by atoms with Gasteiger partial charge in [-0.1, -0.05) is 0 Å². The van der Waals surface area contributed by atoms with Gasteiger partial charge in [-0.2, -0.15) is 26.3 Å². The summed E-state index contributed by atoms with van der Waals surface area (Å²) in [4.78, 5) is 11.3. The first-order valence-corrected chi connectivity index (χ1v) is 6.78. The average Bonchev–Trinajstić information content (AvgIpc) is 2.92. The smallest absolute Gasteiger partial charge is 0.416 e. The second kappa shape index (κ2) is 6.50. The molecule has 10 heteroatoms.